The van der Waals surface area contributed by atoms with E-state index in [9.17, 15) is 17.9 Å². The second-order valence-electron chi connectivity index (χ2n) is 5.54. The monoisotopic (exact) mass is 348 g/mol. The van der Waals surface area contributed by atoms with E-state index < -0.39 is 26.8 Å². The lowest BCUT2D eigenvalue weighted by Gasteiger charge is -2.13. The summed E-state index contributed by atoms with van der Waals surface area (Å²) in [7, 11) is -2.10. The largest absolute Gasteiger partial charge is 0.387 e. The number of benzene rings is 2. The summed E-state index contributed by atoms with van der Waals surface area (Å²) in [5.74, 6) is -0.829. The highest BCUT2D eigenvalue weighted by molar-refractivity contribution is 7.89. The van der Waals surface area contributed by atoms with Crippen LogP contribution in [0.2, 0.25) is 0 Å². The van der Waals surface area contributed by atoms with Crippen molar-refractivity contribution in [2.45, 2.75) is 11.0 Å². The molecule has 0 aliphatic carbocycles. The van der Waals surface area contributed by atoms with Crippen LogP contribution < -0.4 is 4.72 Å². The van der Waals surface area contributed by atoms with E-state index in [2.05, 4.69) is 4.72 Å². The molecule has 2 aromatic carbocycles. The molecule has 7 heteroatoms. The van der Waals surface area contributed by atoms with Crippen molar-refractivity contribution in [2.24, 2.45) is 7.05 Å². The predicted molar refractivity (Wildman–Crippen MR) is 89.5 cm³/mol. The Balaban J connectivity index is 1.76. The van der Waals surface area contributed by atoms with Gasteiger partial charge in [0, 0.05) is 25.3 Å². The summed E-state index contributed by atoms with van der Waals surface area (Å²) in [5, 5.41) is 11.2. The Morgan fingerprint density at radius 1 is 1.21 bits per heavy atom. The van der Waals surface area contributed by atoms with E-state index in [1.807, 2.05) is 29.9 Å². The number of aliphatic hydroxyl groups excluding tert-OH is 1. The molecule has 126 valence electrons. The third-order valence-electron chi connectivity index (χ3n) is 3.89. The lowest BCUT2D eigenvalue weighted by atomic mass is 10.1. The molecule has 0 amide bonds. The highest BCUT2D eigenvalue weighted by Gasteiger charge is 2.20. The number of hydrogen-bond donors (Lipinski definition) is 2. The molecule has 0 radical (unpaired) electrons. The Morgan fingerprint density at radius 2 is 1.96 bits per heavy atom. The summed E-state index contributed by atoms with van der Waals surface area (Å²) in [6.45, 7) is -0.241. The van der Waals surface area contributed by atoms with Gasteiger partial charge in [0.15, 0.2) is 0 Å². The summed E-state index contributed by atoms with van der Waals surface area (Å²) in [6, 6.07) is 12.4. The van der Waals surface area contributed by atoms with Gasteiger partial charge in [0.25, 0.3) is 0 Å². The summed E-state index contributed by atoms with van der Waals surface area (Å²) in [4.78, 5) is -0.435. The molecule has 3 rings (SSSR count). The quantitative estimate of drug-likeness (QED) is 0.743. The minimum atomic E-state index is -4.02. The van der Waals surface area contributed by atoms with Gasteiger partial charge in [-0.15, -0.1) is 0 Å². The average Bonchev–Trinajstić information content (AvgIpc) is 2.93. The Bertz CT molecular complexity index is 982. The van der Waals surface area contributed by atoms with Crippen LogP contribution in [-0.4, -0.2) is 24.6 Å². The first kappa shape index (κ1) is 16.6. The number of hydrogen-bond acceptors (Lipinski definition) is 3. The molecule has 0 aliphatic rings. The number of nitrogens with one attached hydrogen (secondary N) is 1. The van der Waals surface area contributed by atoms with Crippen LogP contribution in [0.1, 0.15) is 11.7 Å². The summed E-state index contributed by atoms with van der Waals surface area (Å²) < 4.78 is 42.1. The first-order valence-electron chi connectivity index (χ1n) is 7.36. The van der Waals surface area contributed by atoms with Crippen molar-refractivity contribution >= 4 is 20.9 Å². The second kappa shape index (κ2) is 6.35. The van der Waals surface area contributed by atoms with Gasteiger partial charge >= 0.3 is 0 Å². The Kier molecular flexibility index (Phi) is 4.40. The van der Waals surface area contributed by atoms with Gasteiger partial charge in [-0.3, -0.25) is 0 Å². The summed E-state index contributed by atoms with van der Waals surface area (Å²) in [6.07, 6.45) is 0.873. The van der Waals surface area contributed by atoms with E-state index in [0.29, 0.717) is 5.56 Å². The van der Waals surface area contributed by atoms with Gasteiger partial charge in [0.2, 0.25) is 10.0 Å². The fourth-order valence-electron chi connectivity index (χ4n) is 2.55. The van der Waals surface area contributed by atoms with Crippen LogP contribution in [0.4, 0.5) is 4.39 Å². The highest BCUT2D eigenvalue weighted by Crippen LogP contribution is 2.21. The molecule has 0 bridgehead atoms. The minimum absolute atomic E-state index is 0.241. The number of fused-ring (bicyclic) bond motifs is 1. The fraction of sp³-hybridized carbons (Fsp3) is 0.176. The molecular formula is C17H17FN2O3S. The zero-order chi connectivity index (χ0) is 17.3. The number of aliphatic hydroxyl groups is 1. The average molecular weight is 348 g/mol. The molecule has 0 spiro atoms. The molecule has 0 fully saturated rings. The first-order chi connectivity index (χ1) is 11.4. The van der Waals surface area contributed by atoms with E-state index in [4.69, 9.17) is 0 Å². The van der Waals surface area contributed by atoms with Crippen molar-refractivity contribution < 1.29 is 17.9 Å². The lowest BCUT2D eigenvalue weighted by molar-refractivity contribution is 0.182. The molecule has 0 aliphatic heterocycles. The molecule has 0 saturated carbocycles. The summed E-state index contributed by atoms with van der Waals surface area (Å²) >= 11 is 0. The van der Waals surface area contributed by atoms with Crippen molar-refractivity contribution in [3.8, 4) is 0 Å². The van der Waals surface area contributed by atoms with Crippen LogP contribution in [0.15, 0.2) is 59.6 Å². The molecule has 3 aromatic rings. The van der Waals surface area contributed by atoms with Gasteiger partial charge in [-0.1, -0.05) is 18.2 Å². The zero-order valence-electron chi connectivity index (χ0n) is 13.0. The third kappa shape index (κ3) is 3.19. The van der Waals surface area contributed by atoms with Gasteiger partial charge in [-0.05, 0) is 41.3 Å². The molecule has 1 aromatic heterocycles. The smallest absolute Gasteiger partial charge is 0.243 e. The van der Waals surface area contributed by atoms with Crippen LogP contribution >= 0.6 is 0 Å². The van der Waals surface area contributed by atoms with Crippen molar-refractivity contribution in [1.82, 2.24) is 9.29 Å². The van der Waals surface area contributed by atoms with Crippen molar-refractivity contribution in [3.05, 3.63) is 66.1 Å². The van der Waals surface area contributed by atoms with E-state index >= 15 is 0 Å². The first-order valence-corrected chi connectivity index (χ1v) is 8.84. The molecule has 0 saturated heterocycles. The minimum Gasteiger partial charge on any atom is -0.387 e. The zero-order valence-corrected chi connectivity index (χ0v) is 13.8. The predicted octanol–water partition coefficient (Wildman–Crippen LogP) is 2.33. The number of nitrogens with zero attached hydrogens (tertiary/aromatic N) is 1. The molecule has 1 atom stereocenters. The third-order valence-corrected chi connectivity index (χ3v) is 5.34. The Morgan fingerprint density at radius 3 is 2.71 bits per heavy atom. The molecule has 5 nitrogen and oxygen atoms in total. The van der Waals surface area contributed by atoms with Gasteiger partial charge in [-0.2, -0.15) is 0 Å². The second-order valence-corrected chi connectivity index (χ2v) is 7.28. The van der Waals surface area contributed by atoms with Gasteiger partial charge in [0.1, 0.15) is 10.7 Å². The topological polar surface area (TPSA) is 71.3 Å². The maximum atomic E-state index is 13.6. The van der Waals surface area contributed by atoms with E-state index in [0.717, 1.165) is 17.0 Å². The van der Waals surface area contributed by atoms with E-state index in [1.165, 1.54) is 18.2 Å². The number of sulfonamides is 1. The summed E-state index contributed by atoms with van der Waals surface area (Å²) in [5.41, 5.74) is 1.60. The van der Waals surface area contributed by atoms with Crippen molar-refractivity contribution in [3.63, 3.8) is 0 Å². The highest BCUT2D eigenvalue weighted by atomic mass is 32.2. The fourth-order valence-corrected chi connectivity index (χ4v) is 3.67. The van der Waals surface area contributed by atoms with E-state index in [-0.39, 0.29) is 6.54 Å². The van der Waals surface area contributed by atoms with Gasteiger partial charge in [-0.25, -0.2) is 17.5 Å². The van der Waals surface area contributed by atoms with Crippen LogP contribution in [0.3, 0.4) is 0 Å². The van der Waals surface area contributed by atoms with Crippen LogP contribution in [0, 0.1) is 5.82 Å². The lowest BCUT2D eigenvalue weighted by Crippen LogP contribution is -2.29. The molecular weight excluding hydrogens is 331 g/mol. The van der Waals surface area contributed by atoms with Crippen molar-refractivity contribution in [2.75, 3.05) is 6.54 Å². The number of halogens is 1. The number of aromatic nitrogens is 1. The normalized spacial score (nSPS) is 13.3. The SMILES string of the molecule is Cn1ccc2cc([C@@H](O)CNS(=O)(=O)c3ccccc3F)ccc21. The van der Waals surface area contributed by atoms with Gasteiger partial charge < -0.3 is 9.67 Å². The maximum absolute atomic E-state index is 13.6. The van der Waals surface area contributed by atoms with Gasteiger partial charge in [0.05, 0.1) is 6.10 Å². The number of aryl methyl sites for hydroxylation is 1. The standard InChI is InChI=1S/C17H17FN2O3S/c1-20-9-8-12-10-13(6-7-15(12)20)16(21)11-19-24(22,23)17-5-3-2-4-14(17)18/h2-10,16,19,21H,11H2,1H3/t16-/m0/s1. The molecule has 24 heavy (non-hydrogen) atoms. The molecule has 1 heterocycles. The Hall–Kier alpha value is -2.22. The number of rotatable bonds is 5. The van der Waals surface area contributed by atoms with Crippen LogP contribution in [-0.2, 0) is 17.1 Å². The molecule has 0 unspecified atom stereocenters. The Labute approximate surface area is 139 Å². The van der Waals surface area contributed by atoms with Crippen LogP contribution in [0.25, 0.3) is 10.9 Å². The molecule has 2 N–H and O–H groups in total. The maximum Gasteiger partial charge on any atom is 0.243 e. The van der Waals surface area contributed by atoms with Crippen LogP contribution in [0.5, 0.6) is 0 Å². The van der Waals surface area contributed by atoms with E-state index in [1.54, 1.807) is 12.1 Å². The van der Waals surface area contributed by atoms with Crippen molar-refractivity contribution in [1.29, 1.82) is 0 Å².